The summed E-state index contributed by atoms with van der Waals surface area (Å²) in [6.07, 6.45) is -4.44. The Hall–Kier alpha value is -1.59. The van der Waals surface area contributed by atoms with Crippen LogP contribution in [0.25, 0.3) is 0 Å². The third kappa shape index (κ3) is 2.50. The SMILES string of the molecule is C=CC(F)(F)c1cc(N)cc(C(F)(F)F)c1. The maximum absolute atomic E-state index is 13.1. The fourth-order valence-electron chi connectivity index (χ4n) is 1.13. The summed E-state index contributed by atoms with van der Waals surface area (Å²) in [5.74, 6) is -3.53. The van der Waals surface area contributed by atoms with Crippen LogP contribution in [0.1, 0.15) is 11.1 Å². The van der Waals surface area contributed by atoms with Crippen LogP contribution in [0.15, 0.2) is 30.9 Å². The van der Waals surface area contributed by atoms with Crippen molar-refractivity contribution in [2.24, 2.45) is 0 Å². The molecule has 0 amide bonds. The second-order valence-corrected chi connectivity index (χ2v) is 3.17. The number of hydrogen-bond donors (Lipinski definition) is 1. The summed E-state index contributed by atoms with van der Waals surface area (Å²) in [5.41, 5.74) is 2.74. The molecule has 0 aliphatic rings. The maximum Gasteiger partial charge on any atom is 0.416 e. The number of benzene rings is 1. The van der Waals surface area contributed by atoms with Crippen molar-refractivity contribution in [2.45, 2.75) is 12.1 Å². The molecule has 0 saturated heterocycles. The van der Waals surface area contributed by atoms with E-state index in [2.05, 4.69) is 6.58 Å². The molecule has 0 radical (unpaired) electrons. The van der Waals surface area contributed by atoms with E-state index >= 15 is 0 Å². The highest BCUT2D eigenvalue weighted by Gasteiger charge is 2.35. The molecule has 0 fully saturated rings. The number of hydrogen-bond acceptors (Lipinski definition) is 1. The first-order chi connectivity index (χ1) is 7.16. The highest BCUT2D eigenvalue weighted by atomic mass is 19.4. The molecule has 0 aromatic heterocycles. The minimum absolute atomic E-state index is 0.266. The lowest BCUT2D eigenvalue weighted by Gasteiger charge is -2.15. The molecule has 0 spiro atoms. The van der Waals surface area contributed by atoms with Gasteiger partial charge in [0.1, 0.15) is 0 Å². The third-order valence-corrected chi connectivity index (χ3v) is 1.92. The van der Waals surface area contributed by atoms with E-state index in [1.807, 2.05) is 0 Å². The van der Waals surface area contributed by atoms with Crippen LogP contribution in [-0.4, -0.2) is 0 Å². The predicted molar refractivity (Wildman–Crippen MR) is 49.9 cm³/mol. The van der Waals surface area contributed by atoms with Crippen molar-refractivity contribution in [1.82, 2.24) is 0 Å². The molecule has 16 heavy (non-hydrogen) atoms. The summed E-state index contributed by atoms with van der Waals surface area (Å²) >= 11 is 0. The van der Waals surface area contributed by atoms with Crippen LogP contribution >= 0.6 is 0 Å². The van der Waals surface area contributed by atoms with Crippen molar-refractivity contribution >= 4 is 5.69 Å². The van der Waals surface area contributed by atoms with Crippen LogP contribution in [-0.2, 0) is 12.1 Å². The molecule has 88 valence electrons. The minimum atomic E-state index is -4.71. The number of nitrogens with two attached hydrogens (primary N) is 1. The average molecular weight is 237 g/mol. The van der Waals surface area contributed by atoms with E-state index in [4.69, 9.17) is 5.73 Å². The van der Waals surface area contributed by atoms with Gasteiger partial charge in [0.15, 0.2) is 0 Å². The molecule has 1 aromatic rings. The summed E-state index contributed by atoms with van der Waals surface area (Å²) in [6, 6.07) is 1.75. The highest BCUT2D eigenvalue weighted by molar-refractivity contribution is 5.47. The van der Waals surface area contributed by atoms with Gasteiger partial charge in [-0.1, -0.05) is 6.58 Å². The van der Waals surface area contributed by atoms with Crippen molar-refractivity contribution in [3.05, 3.63) is 42.0 Å². The van der Waals surface area contributed by atoms with E-state index in [9.17, 15) is 22.0 Å². The summed E-state index contributed by atoms with van der Waals surface area (Å²) in [5, 5.41) is 0. The Bertz CT molecular complexity index is 408. The Morgan fingerprint density at radius 1 is 1.00 bits per heavy atom. The van der Waals surface area contributed by atoms with Crippen LogP contribution in [0.4, 0.5) is 27.6 Å². The normalized spacial score (nSPS) is 12.6. The Kier molecular flexibility index (Phi) is 2.94. The van der Waals surface area contributed by atoms with Gasteiger partial charge in [-0.2, -0.15) is 22.0 Å². The van der Waals surface area contributed by atoms with Gasteiger partial charge >= 0.3 is 6.18 Å². The number of halogens is 5. The molecular weight excluding hydrogens is 229 g/mol. The monoisotopic (exact) mass is 237 g/mol. The van der Waals surface area contributed by atoms with Crippen LogP contribution < -0.4 is 5.73 Å². The van der Waals surface area contributed by atoms with E-state index in [0.717, 1.165) is 6.07 Å². The van der Waals surface area contributed by atoms with Crippen LogP contribution in [0.2, 0.25) is 0 Å². The van der Waals surface area contributed by atoms with Crippen molar-refractivity contribution in [2.75, 3.05) is 5.73 Å². The van der Waals surface area contributed by atoms with Gasteiger partial charge in [-0.25, -0.2) is 0 Å². The van der Waals surface area contributed by atoms with Crippen molar-refractivity contribution in [3.63, 3.8) is 0 Å². The van der Waals surface area contributed by atoms with Crippen molar-refractivity contribution < 1.29 is 22.0 Å². The number of alkyl halides is 5. The van der Waals surface area contributed by atoms with E-state index in [0.29, 0.717) is 12.1 Å². The number of rotatable bonds is 2. The van der Waals surface area contributed by atoms with Crippen molar-refractivity contribution in [3.8, 4) is 0 Å². The fourth-order valence-corrected chi connectivity index (χ4v) is 1.13. The molecule has 0 unspecified atom stereocenters. The van der Waals surface area contributed by atoms with E-state index < -0.39 is 23.2 Å². The van der Waals surface area contributed by atoms with Gasteiger partial charge in [-0.05, 0) is 24.3 Å². The smallest absolute Gasteiger partial charge is 0.399 e. The fraction of sp³-hybridized carbons (Fsp3) is 0.200. The molecule has 0 saturated carbocycles. The summed E-state index contributed by atoms with van der Waals surface area (Å²) < 4.78 is 63.1. The lowest BCUT2D eigenvalue weighted by atomic mass is 10.0. The van der Waals surface area contributed by atoms with Gasteiger partial charge in [0.2, 0.25) is 0 Å². The van der Waals surface area contributed by atoms with Crippen molar-refractivity contribution in [1.29, 1.82) is 0 Å². The van der Waals surface area contributed by atoms with Crippen LogP contribution in [0.3, 0.4) is 0 Å². The maximum atomic E-state index is 13.1. The Balaban J connectivity index is 3.34. The average Bonchev–Trinajstić information content (AvgIpc) is 2.15. The molecule has 6 heteroatoms. The minimum Gasteiger partial charge on any atom is -0.399 e. The predicted octanol–water partition coefficient (Wildman–Crippen LogP) is 3.57. The van der Waals surface area contributed by atoms with E-state index in [1.165, 1.54) is 0 Å². The number of anilines is 1. The molecule has 0 heterocycles. The molecule has 1 rings (SSSR count). The van der Waals surface area contributed by atoms with Gasteiger partial charge in [0.05, 0.1) is 5.56 Å². The summed E-state index contributed by atoms with van der Waals surface area (Å²) in [4.78, 5) is 0. The van der Waals surface area contributed by atoms with Gasteiger partial charge in [0, 0.05) is 11.3 Å². The molecule has 2 N–H and O–H groups in total. The lowest BCUT2D eigenvalue weighted by molar-refractivity contribution is -0.137. The van der Waals surface area contributed by atoms with Crippen LogP contribution in [0.5, 0.6) is 0 Å². The van der Waals surface area contributed by atoms with E-state index in [1.54, 1.807) is 0 Å². The highest BCUT2D eigenvalue weighted by Crippen LogP contribution is 2.36. The molecule has 1 aromatic carbocycles. The summed E-state index contributed by atoms with van der Waals surface area (Å²) in [7, 11) is 0. The summed E-state index contributed by atoms with van der Waals surface area (Å²) in [6.45, 7) is 2.86. The Labute approximate surface area is 88.4 Å². The second-order valence-electron chi connectivity index (χ2n) is 3.17. The molecule has 0 atom stereocenters. The first-order valence-corrected chi connectivity index (χ1v) is 4.16. The lowest BCUT2D eigenvalue weighted by Crippen LogP contribution is -2.13. The van der Waals surface area contributed by atoms with Gasteiger partial charge < -0.3 is 5.73 Å². The van der Waals surface area contributed by atoms with Crippen LogP contribution in [0, 0.1) is 0 Å². The number of allylic oxidation sites excluding steroid dienone is 1. The first-order valence-electron chi connectivity index (χ1n) is 4.16. The van der Waals surface area contributed by atoms with Gasteiger partial charge in [0.25, 0.3) is 5.92 Å². The molecule has 0 aliphatic carbocycles. The molecule has 0 bridgehead atoms. The Morgan fingerprint density at radius 3 is 1.94 bits per heavy atom. The number of nitrogen functional groups attached to an aromatic ring is 1. The zero-order valence-corrected chi connectivity index (χ0v) is 7.98. The third-order valence-electron chi connectivity index (χ3n) is 1.92. The van der Waals surface area contributed by atoms with Gasteiger partial charge in [-0.3, -0.25) is 0 Å². The quantitative estimate of drug-likeness (QED) is 0.475. The molecule has 1 nitrogen and oxygen atoms in total. The zero-order chi connectivity index (χ0) is 12.6. The zero-order valence-electron chi connectivity index (χ0n) is 7.98. The topological polar surface area (TPSA) is 26.0 Å². The Morgan fingerprint density at radius 2 is 1.50 bits per heavy atom. The standard InChI is InChI=1S/C10H8F5N/c1-2-9(11,12)6-3-7(10(13,14)15)5-8(16)4-6/h2-5H,1,16H2. The largest absolute Gasteiger partial charge is 0.416 e. The molecule has 0 aliphatic heterocycles. The second kappa shape index (κ2) is 3.77. The molecular formula is C10H8F5N. The first kappa shape index (κ1) is 12.5. The van der Waals surface area contributed by atoms with E-state index in [-0.39, 0.29) is 11.8 Å². The van der Waals surface area contributed by atoms with Gasteiger partial charge in [-0.15, -0.1) is 0 Å².